The van der Waals surface area contributed by atoms with Crippen molar-refractivity contribution in [3.63, 3.8) is 0 Å². The van der Waals surface area contributed by atoms with Gasteiger partial charge in [-0.1, -0.05) is 36.8 Å². The Morgan fingerprint density at radius 1 is 1.25 bits per heavy atom. The topological polar surface area (TPSA) is 64.6 Å². The first-order chi connectivity index (χ1) is 11.3. The summed E-state index contributed by atoms with van der Waals surface area (Å²) in [7, 11) is 1.70. The summed E-state index contributed by atoms with van der Waals surface area (Å²) in [5, 5.41) is 3.05. The molecule has 2 rings (SSSR count). The molecule has 0 aliphatic heterocycles. The third-order valence-corrected chi connectivity index (χ3v) is 4.37. The monoisotopic (exact) mass is 333 g/mol. The van der Waals surface area contributed by atoms with Crippen LogP contribution in [0.5, 0.6) is 0 Å². The summed E-state index contributed by atoms with van der Waals surface area (Å²) >= 11 is 0. The van der Waals surface area contributed by atoms with Crippen LogP contribution in [0.15, 0.2) is 30.3 Å². The van der Waals surface area contributed by atoms with Gasteiger partial charge in [-0.2, -0.15) is 0 Å². The third-order valence-electron chi connectivity index (χ3n) is 4.37. The van der Waals surface area contributed by atoms with Gasteiger partial charge < -0.3 is 14.8 Å². The van der Waals surface area contributed by atoms with Gasteiger partial charge in [-0.25, -0.2) is 0 Å². The first-order valence-electron chi connectivity index (χ1n) is 8.41. The van der Waals surface area contributed by atoms with E-state index in [0.29, 0.717) is 12.8 Å². The molecule has 132 valence electrons. The number of rotatable bonds is 5. The van der Waals surface area contributed by atoms with E-state index in [9.17, 15) is 9.59 Å². The summed E-state index contributed by atoms with van der Waals surface area (Å²) in [4.78, 5) is 25.3. The van der Waals surface area contributed by atoms with Crippen LogP contribution in [0.1, 0.15) is 45.6 Å². The lowest BCUT2D eigenvalue weighted by molar-refractivity contribution is -0.170. The lowest BCUT2D eigenvalue weighted by atomic mass is 9.87. The minimum atomic E-state index is -1.00. The minimum Gasteiger partial charge on any atom is -0.460 e. The van der Waals surface area contributed by atoms with E-state index in [-0.39, 0.29) is 18.5 Å². The largest absolute Gasteiger partial charge is 0.460 e. The summed E-state index contributed by atoms with van der Waals surface area (Å²) in [6.45, 7) is 5.68. The second-order valence-corrected chi connectivity index (χ2v) is 7.26. The van der Waals surface area contributed by atoms with Gasteiger partial charge in [-0.15, -0.1) is 0 Å². The average molecular weight is 333 g/mol. The maximum atomic E-state index is 12.8. The highest BCUT2D eigenvalue weighted by atomic mass is 16.6. The standard InChI is InChI=1S/C19H27NO4/c1-18(2,3)24-16(21)15-11-8-12-19(15,20-4)17(22)23-13-14-9-6-5-7-10-14/h5-7,9-10,15,20H,8,11-13H2,1-4H3. The van der Waals surface area contributed by atoms with Crippen molar-refractivity contribution in [2.75, 3.05) is 7.05 Å². The molecular weight excluding hydrogens is 306 g/mol. The molecule has 1 aromatic rings. The maximum absolute atomic E-state index is 12.8. The molecule has 1 aliphatic rings. The number of likely N-dealkylation sites (N-methyl/N-ethyl adjacent to an activating group) is 1. The predicted octanol–water partition coefficient (Wildman–Crippen LogP) is 2.83. The number of hydrogen-bond donors (Lipinski definition) is 1. The van der Waals surface area contributed by atoms with Crippen LogP contribution in [0.25, 0.3) is 0 Å². The highest BCUT2D eigenvalue weighted by Gasteiger charge is 2.53. The summed E-state index contributed by atoms with van der Waals surface area (Å²) in [6.07, 6.45) is 1.97. The van der Waals surface area contributed by atoms with Crippen LogP contribution in [0, 0.1) is 5.92 Å². The molecule has 1 aromatic carbocycles. The number of nitrogens with one attached hydrogen (secondary N) is 1. The van der Waals surface area contributed by atoms with Gasteiger partial charge in [0.1, 0.15) is 17.7 Å². The van der Waals surface area contributed by atoms with Crippen molar-refractivity contribution in [2.45, 2.75) is 57.8 Å². The van der Waals surface area contributed by atoms with Crippen molar-refractivity contribution in [3.8, 4) is 0 Å². The van der Waals surface area contributed by atoms with Crippen LogP contribution < -0.4 is 5.32 Å². The van der Waals surface area contributed by atoms with Crippen LogP contribution in [-0.2, 0) is 25.7 Å². The summed E-state index contributed by atoms with van der Waals surface area (Å²) in [5.41, 5.74) is -0.659. The molecule has 2 atom stereocenters. The molecule has 1 N–H and O–H groups in total. The molecule has 1 saturated carbocycles. The molecule has 0 heterocycles. The molecule has 0 bridgehead atoms. The van der Waals surface area contributed by atoms with Crippen molar-refractivity contribution in [1.29, 1.82) is 0 Å². The minimum absolute atomic E-state index is 0.199. The van der Waals surface area contributed by atoms with E-state index >= 15 is 0 Å². The van der Waals surface area contributed by atoms with Gasteiger partial charge in [0, 0.05) is 0 Å². The lowest BCUT2D eigenvalue weighted by Gasteiger charge is -2.33. The number of ether oxygens (including phenoxy) is 2. The SMILES string of the molecule is CNC1(C(=O)OCc2ccccc2)CCCC1C(=O)OC(C)(C)C. The third kappa shape index (κ3) is 4.15. The first kappa shape index (κ1) is 18.5. The molecule has 0 saturated heterocycles. The number of hydrogen-bond acceptors (Lipinski definition) is 5. The van der Waals surface area contributed by atoms with Gasteiger partial charge in [0.25, 0.3) is 0 Å². The Labute approximate surface area is 143 Å². The Morgan fingerprint density at radius 3 is 2.50 bits per heavy atom. The molecule has 2 unspecified atom stereocenters. The molecule has 1 aliphatic carbocycles. The first-order valence-corrected chi connectivity index (χ1v) is 8.41. The zero-order valence-corrected chi connectivity index (χ0v) is 14.9. The Kier molecular flexibility index (Phi) is 5.65. The lowest BCUT2D eigenvalue weighted by Crippen LogP contribution is -2.56. The fraction of sp³-hybridized carbons (Fsp3) is 0.579. The fourth-order valence-electron chi connectivity index (χ4n) is 3.20. The van der Waals surface area contributed by atoms with Crippen LogP contribution in [0.3, 0.4) is 0 Å². The van der Waals surface area contributed by atoms with E-state index in [1.165, 1.54) is 0 Å². The second kappa shape index (κ2) is 7.34. The Balaban J connectivity index is 2.10. The Bertz CT molecular complexity index is 579. The molecule has 5 nitrogen and oxygen atoms in total. The van der Waals surface area contributed by atoms with Gasteiger partial charge in [0.2, 0.25) is 0 Å². The van der Waals surface area contributed by atoms with Crippen LogP contribution >= 0.6 is 0 Å². The van der Waals surface area contributed by atoms with Crippen molar-refractivity contribution in [2.24, 2.45) is 5.92 Å². The van der Waals surface area contributed by atoms with Crippen molar-refractivity contribution < 1.29 is 19.1 Å². The van der Waals surface area contributed by atoms with Crippen LogP contribution in [0.4, 0.5) is 0 Å². The highest BCUT2D eigenvalue weighted by Crippen LogP contribution is 2.38. The maximum Gasteiger partial charge on any atom is 0.327 e. The molecule has 0 aromatic heterocycles. The summed E-state index contributed by atoms with van der Waals surface area (Å²) in [6, 6.07) is 9.51. The molecule has 24 heavy (non-hydrogen) atoms. The smallest absolute Gasteiger partial charge is 0.327 e. The van der Waals surface area contributed by atoms with Gasteiger partial charge in [-0.05, 0) is 46.2 Å². The number of carbonyl (C=O) groups excluding carboxylic acids is 2. The summed E-state index contributed by atoms with van der Waals surface area (Å²) in [5.74, 6) is -1.25. The van der Waals surface area contributed by atoms with Crippen molar-refractivity contribution >= 4 is 11.9 Å². The molecule has 0 amide bonds. The van der Waals surface area contributed by atoms with Crippen LogP contribution in [-0.4, -0.2) is 30.1 Å². The number of benzene rings is 1. The molecule has 1 fully saturated rings. The van der Waals surface area contributed by atoms with Crippen molar-refractivity contribution in [3.05, 3.63) is 35.9 Å². The highest BCUT2D eigenvalue weighted by molar-refractivity contribution is 5.89. The van der Waals surface area contributed by atoms with Gasteiger partial charge in [-0.3, -0.25) is 9.59 Å². The molecule has 5 heteroatoms. The van der Waals surface area contributed by atoms with E-state index < -0.39 is 17.1 Å². The van der Waals surface area contributed by atoms with E-state index in [1.54, 1.807) is 7.05 Å². The molecular formula is C19H27NO4. The number of carbonyl (C=O) groups is 2. The van der Waals surface area contributed by atoms with Gasteiger partial charge >= 0.3 is 11.9 Å². The quantitative estimate of drug-likeness (QED) is 0.840. The molecule has 0 radical (unpaired) electrons. The second-order valence-electron chi connectivity index (χ2n) is 7.26. The van der Waals surface area contributed by atoms with Crippen LogP contribution in [0.2, 0.25) is 0 Å². The predicted molar refractivity (Wildman–Crippen MR) is 91.2 cm³/mol. The van der Waals surface area contributed by atoms with E-state index in [0.717, 1.165) is 12.0 Å². The summed E-state index contributed by atoms with van der Waals surface area (Å²) < 4.78 is 11.0. The van der Waals surface area contributed by atoms with E-state index in [4.69, 9.17) is 9.47 Å². The fourth-order valence-corrected chi connectivity index (χ4v) is 3.20. The Morgan fingerprint density at radius 2 is 1.92 bits per heavy atom. The number of esters is 2. The normalized spacial score (nSPS) is 23.8. The zero-order valence-electron chi connectivity index (χ0n) is 14.9. The van der Waals surface area contributed by atoms with Gasteiger partial charge in [0.05, 0.1) is 5.92 Å². The Hall–Kier alpha value is -1.88. The average Bonchev–Trinajstić information content (AvgIpc) is 2.97. The van der Waals surface area contributed by atoms with Gasteiger partial charge in [0.15, 0.2) is 0 Å². The molecule has 0 spiro atoms. The van der Waals surface area contributed by atoms with E-state index in [1.807, 2.05) is 51.1 Å². The van der Waals surface area contributed by atoms with Crippen molar-refractivity contribution in [1.82, 2.24) is 5.32 Å². The zero-order chi connectivity index (χ0) is 17.8. The van der Waals surface area contributed by atoms with E-state index in [2.05, 4.69) is 5.32 Å².